The molecule has 1 aliphatic heterocycles. The summed E-state index contributed by atoms with van der Waals surface area (Å²) in [6.07, 6.45) is 1.84. The minimum absolute atomic E-state index is 0.0138. The fourth-order valence-corrected chi connectivity index (χ4v) is 5.20. The molecular formula is C27H25ClN4S. The van der Waals surface area contributed by atoms with Gasteiger partial charge in [0, 0.05) is 34.8 Å². The summed E-state index contributed by atoms with van der Waals surface area (Å²) in [6, 6.07) is 26.7. The first-order valence-electron chi connectivity index (χ1n) is 11.0. The first-order valence-corrected chi connectivity index (χ1v) is 11.8. The number of benzene rings is 2. The van der Waals surface area contributed by atoms with Crippen molar-refractivity contribution in [3.63, 3.8) is 0 Å². The number of nitrogens with zero attached hydrogens (tertiary/aromatic N) is 3. The number of nitrogens with one attached hydrogen (secondary N) is 1. The summed E-state index contributed by atoms with van der Waals surface area (Å²) < 4.78 is 2.28. The van der Waals surface area contributed by atoms with Gasteiger partial charge in [-0.1, -0.05) is 48.0 Å². The molecule has 1 saturated heterocycles. The maximum Gasteiger partial charge on any atom is 0.170 e. The highest BCUT2D eigenvalue weighted by Crippen LogP contribution is 2.42. The third kappa shape index (κ3) is 4.14. The maximum absolute atomic E-state index is 6.14. The third-order valence-corrected chi connectivity index (χ3v) is 6.87. The second kappa shape index (κ2) is 9.00. The molecular weight excluding hydrogens is 448 g/mol. The molecule has 1 aliphatic rings. The van der Waals surface area contributed by atoms with Crippen LogP contribution in [-0.2, 0) is 6.54 Å². The van der Waals surface area contributed by atoms with Crippen LogP contribution in [0.5, 0.6) is 0 Å². The highest BCUT2D eigenvalue weighted by Gasteiger charge is 2.41. The van der Waals surface area contributed by atoms with Crippen LogP contribution in [0.3, 0.4) is 0 Å². The van der Waals surface area contributed by atoms with Crippen molar-refractivity contribution in [2.24, 2.45) is 0 Å². The average Bonchev–Trinajstić information content (AvgIpc) is 3.31. The predicted molar refractivity (Wildman–Crippen MR) is 138 cm³/mol. The van der Waals surface area contributed by atoms with E-state index >= 15 is 0 Å². The Morgan fingerprint density at radius 1 is 0.970 bits per heavy atom. The molecule has 0 bridgehead atoms. The van der Waals surface area contributed by atoms with Crippen LogP contribution in [0.1, 0.15) is 40.3 Å². The van der Waals surface area contributed by atoms with Gasteiger partial charge in [-0.05, 0) is 79.7 Å². The van der Waals surface area contributed by atoms with E-state index in [1.165, 1.54) is 22.5 Å². The van der Waals surface area contributed by atoms with Gasteiger partial charge in [0.2, 0.25) is 0 Å². The molecule has 0 saturated carbocycles. The van der Waals surface area contributed by atoms with E-state index < -0.39 is 0 Å². The Hall–Kier alpha value is -3.15. The zero-order chi connectivity index (χ0) is 22.9. The van der Waals surface area contributed by atoms with Gasteiger partial charge in [-0.3, -0.25) is 4.98 Å². The van der Waals surface area contributed by atoms with Gasteiger partial charge in [0.1, 0.15) is 0 Å². The molecule has 2 aromatic heterocycles. The number of pyridine rings is 1. The van der Waals surface area contributed by atoms with Crippen molar-refractivity contribution in [2.75, 3.05) is 0 Å². The number of hydrogen-bond donors (Lipinski definition) is 1. The first-order chi connectivity index (χ1) is 16.0. The summed E-state index contributed by atoms with van der Waals surface area (Å²) in [7, 11) is 0. The number of rotatable bonds is 5. The molecule has 3 heterocycles. The lowest BCUT2D eigenvalue weighted by Gasteiger charge is -2.28. The van der Waals surface area contributed by atoms with Crippen LogP contribution in [0.25, 0.3) is 5.69 Å². The van der Waals surface area contributed by atoms with Crippen molar-refractivity contribution >= 4 is 28.9 Å². The van der Waals surface area contributed by atoms with Gasteiger partial charge in [-0.15, -0.1) is 0 Å². The molecule has 33 heavy (non-hydrogen) atoms. The normalized spacial score (nSPS) is 17.9. The summed E-state index contributed by atoms with van der Waals surface area (Å²) in [4.78, 5) is 6.96. The highest BCUT2D eigenvalue weighted by atomic mass is 35.5. The monoisotopic (exact) mass is 472 g/mol. The van der Waals surface area contributed by atoms with E-state index in [1.807, 2.05) is 36.5 Å². The van der Waals surface area contributed by atoms with Gasteiger partial charge in [-0.25, -0.2) is 0 Å². The Morgan fingerprint density at radius 3 is 2.39 bits per heavy atom. The van der Waals surface area contributed by atoms with E-state index in [4.69, 9.17) is 23.8 Å². The molecule has 0 radical (unpaired) electrons. The van der Waals surface area contributed by atoms with Gasteiger partial charge < -0.3 is 14.8 Å². The van der Waals surface area contributed by atoms with Crippen LogP contribution in [0.15, 0.2) is 85.1 Å². The van der Waals surface area contributed by atoms with Crippen molar-refractivity contribution in [3.05, 3.63) is 118 Å². The Kier molecular flexibility index (Phi) is 5.92. The van der Waals surface area contributed by atoms with Gasteiger partial charge in [0.15, 0.2) is 5.11 Å². The molecule has 0 aliphatic carbocycles. The lowest BCUT2D eigenvalue weighted by molar-refractivity contribution is 0.310. The smallest absolute Gasteiger partial charge is 0.170 e. The molecule has 1 N–H and O–H groups in total. The Bertz CT molecular complexity index is 1270. The van der Waals surface area contributed by atoms with Crippen LogP contribution >= 0.6 is 23.8 Å². The predicted octanol–water partition coefficient (Wildman–Crippen LogP) is 6.32. The maximum atomic E-state index is 6.14. The number of thiocarbonyl (C=S) groups is 1. The van der Waals surface area contributed by atoms with E-state index in [9.17, 15) is 0 Å². The Balaban J connectivity index is 1.61. The Labute approximate surface area is 204 Å². The lowest BCUT2D eigenvalue weighted by Crippen LogP contribution is -2.29. The number of halogens is 1. The van der Waals surface area contributed by atoms with Crippen molar-refractivity contribution in [3.8, 4) is 5.69 Å². The summed E-state index contributed by atoms with van der Waals surface area (Å²) in [6.45, 7) is 5.04. The minimum atomic E-state index is -0.0402. The molecule has 6 heteroatoms. The highest BCUT2D eigenvalue weighted by molar-refractivity contribution is 7.80. The van der Waals surface area contributed by atoms with Crippen LogP contribution in [0, 0.1) is 13.8 Å². The second-order valence-corrected chi connectivity index (χ2v) is 9.20. The number of aryl methyl sites for hydroxylation is 1. The van der Waals surface area contributed by atoms with E-state index in [0.29, 0.717) is 0 Å². The molecule has 2 aromatic carbocycles. The molecule has 0 amide bonds. The summed E-state index contributed by atoms with van der Waals surface area (Å²) in [5, 5.41) is 5.04. The van der Waals surface area contributed by atoms with Gasteiger partial charge >= 0.3 is 0 Å². The largest absolute Gasteiger partial charge is 0.352 e. The van der Waals surface area contributed by atoms with Gasteiger partial charge in [0.25, 0.3) is 0 Å². The van der Waals surface area contributed by atoms with Crippen molar-refractivity contribution in [2.45, 2.75) is 32.5 Å². The number of hydrogen-bond acceptors (Lipinski definition) is 2. The molecule has 4 nitrogen and oxygen atoms in total. The van der Waals surface area contributed by atoms with Crippen molar-refractivity contribution in [1.29, 1.82) is 0 Å². The minimum Gasteiger partial charge on any atom is -0.352 e. The van der Waals surface area contributed by atoms with Crippen LogP contribution in [0.4, 0.5) is 0 Å². The van der Waals surface area contributed by atoms with E-state index in [2.05, 4.69) is 82.1 Å². The summed E-state index contributed by atoms with van der Waals surface area (Å²) >= 11 is 12.0. The van der Waals surface area contributed by atoms with E-state index in [1.54, 1.807) is 0 Å². The fraction of sp³-hybridized carbons (Fsp3) is 0.185. The summed E-state index contributed by atoms with van der Waals surface area (Å²) in [5.74, 6) is 0. The van der Waals surface area contributed by atoms with Crippen molar-refractivity contribution in [1.82, 2.24) is 19.8 Å². The topological polar surface area (TPSA) is 33.1 Å². The fourth-order valence-electron chi connectivity index (χ4n) is 4.77. The van der Waals surface area contributed by atoms with Crippen LogP contribution in [0.2, 0.25) is 5.02 Å². The Morgan fingerprint density at radius 2 is 1.70 bits per heavy atom. The second-order valence-electron chi connectivity index (χ2n) is 8.38. The molecule has 166 valence electrons. The first kappa shape index (κ1) is 21.7. The van der Waals surface area contributed by atoms with Gasteiger partial charge in [0.05, 0.1) is 17.8 Å². The van der Waals surface area contributed by atoms with Gasteiger partial charge in [-0.2, -0.15) is 0 Å². The molecule has 2 unspecified atom stereocenters. The molecule has 4 aromatic rings. The number of aromatic nitrogens is 2. The van der Waals surface area contributed by atoms with Crippen LogP contribution < -0.4 is 5.32 Å². The molecule has 0 spiro atoms. The van der Waals surface area contributed by atoms with Crippen molar-refractivity contribution < 1.29 is 0 Å². The SMILES string of the molecule is Cc1cc(C2C(c3ccccn3)NC(=S)N2Cc2ccccc2)c(C)n1-c1ccc(Cl)cc1. The third-order valence-electron chi connectivity index (χ3n) is 6.27. The zero-order valence-electron chi connectivity index (χ0n) is 18.6. The quantitative estimate of drug-likeness (QED) is 0.345. The zero-order valence-corrected chi connectivity index (χ0v) is 20.1. The molecule has 1 fully saturated rings. The van der Waals surface area contributed by atoms with Crippen LogP contribution in [-0.4, -0.2) is 19.6 Å². The lowest BCUT2D eigenvalue weighted by atomic mass is 9.96. The average molecular weight is 473 g/mol. The molecule has 2 atom stereocenters. The molecule has 5 rings (SSSR count). The standard InChI is InChI=1S/C27H25ClN4S/c1-18-16-23(19(2)32(18)22-13-11-21(28)12-14-22)26-25(24-10-6-7-15-29-24)30-27(33)31(26)17-20-8-4-3-5-9-20/h3-16,25-26H,17H2,1-2H3,(H,30,33). The van der Waals surface area contributed by atoms with E-state index in [0.717, 1.165) is 28.1 Å². The van der Waals surface area contributed by atoms with E-state index in [-0.39, 0.29) is 12.1 Å². The summed E-state index contributed by atoms with van der Waals surface area (Å²) in [5.41, 5.74) is 6.89.